The molecule has 0 N–H and O–H groups in total. The van der Waals surface area contributed by atoms with Gasteiger partial charge in [-0.3, -0.25) is 4.98 Å². The van der Waals surface area contributed by atoms with Crippen LogP contribution in [0.15, 0.2) is 212 Å². The molecule has 0 atom stereocenters. The van der Waals surface area contributed by atoms with E-state index in [4.69, 9.17) is 9.97 Å². The maximum absolute atomic E-state index is 5.35. The van der Waals surface area contributed by atoms with Crippen molar-refractivity contribution in [2.24, 2.45) is 0 Å². The molecule has 4 heterocycles. The van der Waals surface area contributed by atoms with Crippen LogP contribution in [-0.4, -0.2) is 24.1 Å². The van der Waals surface area contributed by atoms with Crippen molar-refractivity contribution in [3.8, 4) is 56.4 Å². The molecule has 8 aromatic carbocycles. The van der Waals surface area contributed by atoms with Crippen molar-refractivity contribution >= 4 is 54.5 Å². The highest BCUT2D eigenvalue weighted by atomic mass is 15.0. The summed E-state index contributed by atoms with van der Waals surface area (Å²) in [5, 5.41) is 6.00. The Morgan fingerprint density at radius 1 is 0.317 bits per heavy atom. The SMILES string of the molecule is c1ccc(-c2nc(-c3ccc(-c4ccc5ncccc5c4)cc3)cc(-c3cc(-n4c5ccccc5c5ccccc54)cc(-n4c5ccccc5c5ccccc54)c3)n2)cc1. The normalized spacial score (nSPS) is 11.7. The fourth-order valence-electron chi connectivity index (χ4n) is 8.95. The minimum Gasteiger partial charge on any atom is -0.309 e. The Balaban J connectivity index is 1.09. The van der Waals surface area contributed by atoms with Crippen LogP contribution in [0.3, 0.4) is 0 Å². The number of nitrogens with zero attached hydrogens (tertiary/aromatic N) is 5. The van der Waals surface area contributed by atoms with E-state index in [0.717, 1.165) is 83.5 Å². The van der Waals surface area contributed by atoms with Crippen LogP contribution in [0.4, 0.5) is 0 Å². The van der Waals surface area contributed by atoms with E-state index >= 15 is 0 Å². The molecule has 0 spiro atoms. The van der Waals surface area contributed by atoms with Gasteiger partial charge < -0.3 is 9.13 Å². The van der Waals surface area contributed by atoms with Crippen molar-refractivity contribution in [1.82, 2.24) is 24.1 Å². The molecule has 4 aromatic heterocycles. The second-order valence-electron chi connectivity index (χ2n) is 15.3. The zero-order valence-corrected chi connectivity index (χ0v) is 32.4. The molecule has 0 unspecified atom stereocenters. The first-order valence-corrected chi connectivity index (χ1v) is 20.3. The van der Waals surface area contributed by atoms with E-state index in [-0.39, 0.29) is 0 Å². The van der Waals surface area contributed by atoms with Crippen LogP contribution < -0.4 is 0 Å². The maximum Gasteiger partial charge on any atom is 0.160 e. The van der Waals surface area contributed by atoms with E-state index < -0.39 is 0 Å². The van der Waals surface area contributed by atoms with E-state index in [1.54, 1.807) is 0 Å². The first-order chi connectivity index (χ1) is 29.7. The zero-order chi connectivity index (χ0) is 39.6. The van der Waals surface area contributed by atoms with Crippen LogP contribution in [0, 0.1) is 0 Å². The van der Waals surface area contributed by atoms with Crippen molar-refractivity contribution in [1.29, 1.82) is 0 Å². The lowest BCUT2D eigenvalue weighted by Crippen LogP contribution is -2.01. The monoisotopic (exact) mass is 765 g/mol. The zero-order valence-electron chi connectivity index (χ0n) is 32.4. The molecule has 5 nitrogen and oxygen atoms in total. The lowest BCUT2D eigenvalue weighted by Gasteiger charge is -2.16. The summed E-state index contributed by atoms with van der Waals surface area (Å²) >= 11 is 0. The quantitative estimate of drug-likeness (QED) is 0.169. The number of hydrogen-bond acceptors (Lipinski definition) is 3. The smallest absolute Gasteiger partial charge is 0.160 e. The molecule has 0 radical (unpaired) electrons. The summed E-state index contributed by atoms with van der Waals surface area (Å²) in [7, 11) is 0. The Morgan fingerprint density at radius 3 is 1.37 bits per heavy atom. The van der Waals surface area contributed by atoms with Crippen molar-refractivity contribution in [2.45, 2.75) is 0 Å². The molecular formula is C55H35N5. The third-order valence-corrected chi connectivity index (χ3v) is 11.7. The Labute approximate surface area is 346 Å². The lowest BCUT2D eigenvalue weighted by molar-refractivity contribution is 1.13. The highest BCUT2D eigenvalue weighted by molar-refractivity contribution is 6.10. The van der Waals surface area contributed by atoms with Crippen LogP contribution in [0.5, 0.6) is 0 Å². The number of pyridine rings is 1. The molecule has 0 saturated carbocycles. The van der Waals surface area contributed by atoms with Gasteiger partial charge in [0.15, 0.2) is 5.82 Å². The predicted octanol–water partition coefficient (Wildman–Crippen LogP) is 13.9. The van der Waals surface area contributed by atoms with E-state index in [2.05, 4.69) is 196 Å². The third-order valence-electron chi connectivity index (χ3n) is 11.7. The highest BCUT2D eigenvalue weighted by Gasteiger charge is 2.19. The van der Waals surface area contributed by atoms with Crippen LogP contribution in [0.25, 0.3) is 111 Å². The second kappa shape index (κ2) is 13.8. The summed E-state index contributed by atoms with van der Waals surface area (Å²) in [6.07, 6.45) is 1.84. The lowest BCUT2D eigenvalue weighted by atomic mass is 10.00. The number of para-hydroxylation sites is 4. The van der Waals surface area contributed by atoms with Gasteiger partial charge in [0.05, 0.1) is 39.0 Å². The summed E-state index contributed by atoms with van der Waals surface area (Å²) in [4.78, 5) is 15.1. The highest BCUT2D eigenvalue weighted by Crippen LogP contribution is 2.38. The first-order valence-electron chi connectivity index (χ1n) is 20.3. The molecule has 280 valence electrons. The summed E-state index contributed by atoms with van der Waals surface area (Å²) in [6.45, 7) is 0. The predicted molar refractivity (Wildman–Crippen MR) is 248 cm³/mol. The average molecular weight is 766 g/mol. The van der Waals surface area contributed by atoms with Gasteiger partial charge in [-0.15, -0.1) is 0 Å². The number of aromatic nitrogens is 5. The molecule has 0 aliphatic heterocycles. The fraction of sp³-hybridized carbons (Fsp3) is 0. The Bertz CT molecular complexity index is 3360. The second-order valence-corrected chi connectivity index (χ2v) is 15.3. The molecule has 0 fully saturated rings. The standard InChI is InChI=1S/C55H35N5/c1-2-13-38(14-3-1)55-57-49(37-26-24-36(25-27-37)39-28-29-48-40(31-39)15-12-30-56-48)35-50(58-55)41-32-42(59-51-20-8-4-16-44(51)45-17-5-9-21-52(45)59)34-43(33-41)60-53-22-10-6-18-46(53)47-19-7-11-23-54(47)60/h1-35H. The molecule has 60 heavy (non-hydrogen) atoms. The minimum atomic E-state index is 0.676. The van der Waals surface area contributed by atoms with E-state index in [1.807, 2.05) is 30.5 Å². The fourth-order valence-corrected chi connectivity index (χ4v) is 8.95. The van der Waals surface area contributed by atoms with Gasteiger partial charge in [-0.2, -0.15) is 0 Å². The minimum absolute atomic E-state index is 0.676. The number of fused-ring (bicyclic) bond motifs is 7. The maximum atomic E-state index is 5.35. The van der Waals surface area contributed by atoms with Crippen LogP contribution in [0.2, 0.25) is 0 Å². The molecule has 0 aliphatic rings. The van der Waals surface area contributed by atoms with Crippen LogP contribution in [0.1, 0.15) is 0 Å². The Morgan fingerprint density at radius 2 is 0.800 bits per heavy atom. The summed E-state index contributed by atoms with van der Waals surface area (Å²) in [6, 6.07) is 73.3. The Hall–Kier alpha value is -8.15. The van der Waals surface area contributed by atoms with Crippen molar-refractivity contribution in [3.63, 3.8) is 0 Å². The van der Waals surface area contributed by atoms with E-state index in [1.165, 1.54) is 21.5 Å². The summed E-state index contributed by atoms with van der Waals surface area (Å²) in [5.41, 5.74) is 14.7. The molecule has 12 rings (SSSR count). The van der Waals surface area contributed by atoms with E-state index in [0.29, 0.717) is 5.82 Å². The first kappa shape index (κ1) is 33.9. The molecule has 0 amide bonds. The van der Waals surface area contributed by atoms with Crippen LogP contribution in [-0.2, 0) is 0 Å². The molecule has 0 aliphatic carbocycles. The van der Waals surface area contributed by atoms with E-state index in [9.17, 15) is 0 Å². The number of benzene rings is 8. The summed E-state index contributed by atoms with van der Waals surface area (Å²) < 4.78 is 4.79. The summed E-state index contributed by atoms with van der Waals surface area (Å²) in [5.74, 6) is 0.676. The van der Waals surface area contributed by atoms with Gasteiger partial charge in [0.2, 0.25) is 0 Å². The third kappa shape index (κ3) is 5.59. The number of hydrogen-bond donors (Lipinski definition) is 0. The molecule has 0 bridgehead atoms. The van der Waals surface area contributed by atoms with Crippen molar-refractivity contribution in [3.05, 3.63) is 212 Å². The van der Waals surface area contributed by atoms with Crippen LogP contribution >= 0.6 is 0 Å². The van der Waals surface area contributed by atoms with Gasteiger partial charge in [0.25, 0.3) is 0 Å². The largest absolute Gasteiger partial charge is 0.309 e. The van der Waals surface area contributed by atoms with Gasteiger partial charge in [-0.1, -0.05) is 140 Å². The van der Waals surface area contributed by atoms with Gasteiger partial charge in [-0.25, -0.2) is 9.97 Å². The Kier molecular flexibility index (Phi) is 7.78. The van der Waals surface area contributed by atoms with Crippen molar-refractivity contribution < 1.29 is 0 Å². The number of rotatable bonds is 6. The van der Waals surface area contributed by atoms with Gasteiger partial charge in [0, 0.05) is 61.2 Å². The molecule has 5 heteroatoms. The van der Waals surface area contributed by atoms with Gasteiger partial charge in [0.1, 0.15) is 0 Å². The van der Waals surface area contributed by atoms with Crippen molar-refractivity contribution in [2.75, 3.05) is 0 Å². The molecule has 12 aromatic rings. The average Bonchev–Trinajstić information content (AvgIpc) is 3.85. The van der Waals surface area contributed by atoms with Gasteiger partial charge >= 0.3 is 0 Å². The molecular weight excluding hydrogens is 731 g/mol. The van der Waals surface area contributed by atoms with Gasteiger partial charge in [-0.05, 0) is 77.9 Å². The topological polar surface area (TPSA) is 48.5 Å². The molecule has 0 saturated heterocycles.